The monoisotopic (exact) mass is 269 g/mol. The molecule has 0 aromatic rings. The molecular weight excluding hydrogens is 234 g/mol. The van der Waals surface area contributed by atoms with Crippen LogP contribution in [0.5, 0.6) is 0 Å². The van der Waals surface area contributed by atoms with Crippen LogP contribution in [0.3, 0.4) is 0 Å². The minimum atomic E-state index is -0.0469. The Kier molecular flexibility index (Phi) is 10.5. The minimum Gasteiger partial charge on any atom is -0.393 e. The summed E-state index contributed by atoms with van der Waals surface area (Å²) in [7, 11) is 0. The number of hydrogen-bond acceptors (Lipinski definition) is 2. The van der Waals surface area contributed by atoms with Crippen LogP contribution in [0.15, 0.2) is 0 Å². The lowest BCUT2D eigenvalue weighted by molar-refractivity contribution is 0.113. The highest BCUT2D eigenvalue weighted by Crippen LogP contribution is 2.16. The predicted octanol–water partition coefficient (Wildman–Crippen LogP) is 4.41. The molecule has 1 saturated heterocycles. The van der Waals surface area contributed by atoms with E-state index in [4.69, 9.17) is 0 Å². The summed E-state index contributed by atoms with van der Waals surface area (Å²) in [6.07, 6.45) is 17.2. The van der Waals surface area contributed by atoms with E-state index in [0.29, 0.717) is 6.04 Å². The first-order valence-corrected chi connectivity index (χ1v) is 8.74. The van der Waals surface area contributed by atoms with Crippen molar-refractivity contribution in [3.8, 4) is 0 Å². The van der Waals surface area contributed by atoms with Gasteiger partial charge >= 0.3 is 0 Å². The van der Waals surface area contributed by atoms with Crippen molar-refractivity contribution in [2.45, 2.75) is 103 Å². The molecule has 1 rings (SSSR count). The van der Waals surface area contributed by atoms with E-state index in [0.717, 1.165) is 19.4 Å². The topological polar surface area (TPSA) is 32.3 Å². The van der Waals surface area contributed by atoms with Gasteiger partial charge in [0.1, 0.15) is 0 Å². The smallest absolute Gasteiger partial charge is 0.0567 e. The Morgan fingerprint density at radius 1 is 0.895 bits per heavy atom. The number of piperidine rings is 1. The van der Waals surface area contributed by atoms with Crippen molar-refractivity contribution in [3.05, 3.63) is 0 Å². The standard InChI is InChI=1S/C17H35NO/c1-2-3-4-5-6-7-8-9-10-11-12-16-15-17(19)13-14-18-16/h16-19H,2-15H2,1H3. The van der Waals surface area contributed by atoms with Gasteiger partial charge in [-0.2, -0.15) is 0 Å². The van der Waals surface area contributed by atoms with Gasteiger partial charge in [0, 0.05) is 6.04 Å². The quantitative estimate of drug-likeness (QED) is 0.545. The summed E-state index contributed by atoms with van der Waals surface area (Å²) in [6.45, 7) is 3.28. The molecule has 2 nitrogen and oxygen atoms in total. The molecule has 0 bridgehead atoms. The summed E-state index contributed by atoms with van der Waals surface area (Å²) in [5.74, 6) is 0. The van der Waals surface area contributed by atoms with Gasteiger partial charge in [-0.05, 0) is 25.8 Å². The highest BCUT2D eigenvalue weighted by atomic mass is 16.3. The van der Waals surface area contributed by atoms with Gasteiger partial charge in [0.05, 0.1) is 6.10 Å². The van der Waals surface area contributed by atoms with Gasteiger partial charge in [-0.25, -0.2) is 0 Å². The largest absolute Gasteiger partial charge is 0.393 e. The van der Waals surface area contributed by atoms with Crippen LogP contribution in [0.1, 0.15) is 90.4 Å². The van der Waals surface area contributed by atoms with Gasteiger partial charge in [0.2, 0.25) is 0 Å². The molecule has 0 amide bonds. The Morgan fingerprint density at radius 2 is 1.47 bits per heavy atom. The lowest BCUT2D eigenvalue weighted by atomic mass is 9.96. The highest BCUT2D eigenvalue weighted by molar-refractivity contribution is 4.77. The zero-order chi connectivity index (χ0) is 13.8. The van der Waals surface area contributed by atoms with E-state index in [1.165, 1.54) is 70.6 Å². The second-order valence-corrected chi connectivity index (χ2v) is 6.30. The van der Waals surface area contributed by atoms with Crippen molar-refractivity contribution >= 4 is 0 Å². The number of nitrogens with one attached hydrogen (secondary N) is 1. The third-order valence-corrected chi connectivity index (χ3v) is 4.37. The summed E-state index contributed by atoms with van der Waals surface area (Å²) in [6, 6.07) is 0.581. The molecule has 2 atom stereocenters. The molecule has 2 N–H and O–H groups in total. The maximum absolute atomic E-state index is 9.60. The number of unbranched alkanes of at least 4 members (excludes halogenated alkanes) is 9. The van der Waals surface area contributed by atoms with E-state index >= 15 is 0 Å². The van der Waals surface area contributed by atoms with Crippen LogP contribution in [0.4, 0.5) is 0 Å². The predicted molar refractivity (Wildman–Crippen MR) is 83.5 cm³/mol. The summed E-state index contributed by atoms with van der Waals surface area (Å²) >= 11 is 0. The van der Waals surface area contributed by atoms with Crippen LogP contribution in [0, 0.1) is 0 Å². The molecule has 2 unspecified atom stereocenters. The van der Waals surface area contributed by atoms with Crippen LogP contribution in [-0.2, 0) is 0 Å². The van der Waals surface area contributed by atoms with Gasteiger partial charge in [0.25, 0.3) is 0 Å². The molecule has 0 radical (unpaired) electrons. The molecule has 1 fully saturated rings. The maximum Gasteiger partial charge on any atom is 0.0567 e. The van der Waals surface area contributed by atoms with Crippen LogP contribution < -0.4 is 5.32 Å². The number of rotatable bonds is 11. The fourth-order valence-corrected chi connectivity index (χ4v) is 3.08. The second-order valence-electron chi connectivity index (χ2n) is 6.30. The van der Waals surface area contributed by atoms with Crippen molar-refractivity contribution in [2.24, 2.45) is 0 Å². The second kappa shape index (κ2) is 11.7. The Hall–Kier alpha value is -0.0800. The van der Waals surface area contributed by atoms with Crippen molar-refractivity contribution < 1.29 is 5.11 Å². The van der Waals surface area contributed by atoms with Crippen LogP contribution in [0.25, 0.3) is 0 Å². The molecule has 0 aliphatic carbocycles. The first-order chi connectivity index (χ1) is 9.33. The number of aliphatic hydroxyl groups excluding tert-OH is 1. The molecule has 0 saturated carbocycles. The summed E-state index contributed by atoms with van der Waals surface area (Å²) < 4.78 is 0. The first-order valence-electron chi connectivity index (χ1n) is 8.74. The lowest BCUT2D eigenvalue weighted by Crippen LogP contribution is -2.40. The van der Waals surface area contributed by atoms with E-state index in [9.17, 15) is 5.11 Å². The molecule has 0 spiro atoms. The Morgan fingerprint density at radius 3 is 2.05 bits per heavy atom. The van der Waals surface area contributed by atoms with E-state index < -0.39 is 0 Å². The molecule has 1 heterocycles. The van der Waals surface area contributed by atoms with E-state index in [1.807, 2.05) is 0 Å². The van der Waals surface area contributed by atoms with Crippen LogP contribution in [0.2, 0.25) is 0 Å². The van der Waals surface area contributed by atoms with E-state index in [1.54, 1.807) is 0 Å². The summed E-state index contributed by atoms with van der Waals surface area (Å²) in [5.41, 5.74) is 0. The third-order valence-electron chi connectivity index (χ3n) is 4.37. The number of hydrogen-bond donors (Lipinski definition) is 2. The van der Waals surface area contributed by atoms with Crippen LogP contribution >= 0.6 is 0 Å². The van der Waals surface area contributed by atoms with Gasteiger partial charge in [-0.3, -0.25) is 0 Å². The molecule has 114 valence electrons. The molecule has 0 aromatic heterocycles. The normalized spacial score (nSPS) is 23.7. The van der Waals surface area contributed by atoms with Crippen molar-refractivity contribution in [1.82, 2.24) is 5.32 Å². The third kappa shape index (κ3) is 9.45. The van der Waals surface area contributed by atoms with Gasteiger partial charge < -0.3 is 10.4 Å². The van der Waals surface area contributed by atoms with Gasteiger partial charge in [-0.15, -0.1) is 0 Å². The highest BCUT2D eigenvalue weighted by Gasteiger charge is 2.18. The first kappa shape index (κ1) is 17.0. The molecule has 1 aliphatic heterocycles. The Balaban J connectivity index is 1.78. The summed E-state index contributed by atoms with van der Waals surface area (Å²) in [5, 5.41) is 13.1. The zero-order valence-corrected chi connectivity index (χ0v) is 13.0. The minimum absolute atomic E-state index is 0.0469. The lowest BCUT2D eigenvalue weighted by Gasteiger charge is -2.27. The Bertz CT molecular complexity index is 196. The van der Waals surface area contributed by atoms with E-state index in [-0.39, 0.29) is 6.10 Å². The average molecular weight is 269 g/mol. The fraction of sp³-hybridized carbons (Fsp3) is 1.00. The van der Waals surface area contributed by atoms with Crippen molar-refractivity contribution in [2.75, 3.05) is 6.54 Å². The zero-order valence-electron chi connectivity index (χ0n) is 13.0. The maximum atomic E-state index is 9.60. The fourth-order valence-electron chi connectivity index (χ4n) is 3.08. The molecule has 1 aliphatic rings. The summed E-state index contributed by atoms with van der Waals surface area (Å²) in [4.78, 5) is 0. The molecule has 2 heteroatoms. The van der Waals surface area contributed by atoms with Crippen molar-refractivity contribution in [3.63, 3.8) is 0 Å². The van der Waals surface area contributed by atoms with Gasteiger partial charge in [-0.1, -0.05) is 71.1 Å². The van der Waals surface area contributed by atoms with Crippen LogP contribution in [-0.4, -0.2) is 23.8 Å². The number of aliphatic hydroxyl groups is 1. The van der Waals surface area contributed by atoms with Crippen molar-refractivity contribution in [1.29, 1.82) is 0 Å². The van der Waals surface area contributed by atoms with E-state index in [2.05, 4.69) is 12.2 Å². The van der Waals surface area contributed by atoms with Gasteiger partial charge in [0.15, 0.2) is 0 Å². The molecule has 19 heavy (non-hydrogen) atoms. The average Bonchev–Trinajstić information content (AvgIpc) is 2.41. The molecule has 0 aromatic carbocycles. The molecular formula is C17H35NO. The Labute approximate surface area is 120 Å². The SMILES string of the molecule is CCCCCCCCCCCCC1CC(O)CCN1.